The number of hydrogen-bond donors (Lipinski definition) is 0. The number of hydrogen-bond acceptors (Lipinski definition) is 6. The van der Waals surface area contributed by atoms with E-state index < -0.39 is 29.4 Å². The van der Waals surface area contributed by atoms with Gasteiger partial charge in [0.2, 0.25) is 5.78 Å². The van der Waals surface area contributed by atoms with Gasteiger partial charge in [0.05, 0.1) is 22.9 Å². The molecule has 8 heteroatoms. The summed E-state index contributed by atoms with van der Waals surface area (Å²) < 4.78 is 6.42. The fourth-order valence-electron chi connectivity index (χ4n) is 4.17. The average molecular weight is 491 g/mol. The van der Waals surface area contributed by atoms with Gasteiger partial charge < -0.3 is 4.74 Å². The number of halogens is 1. The van der Waals surface area contributed by atoms with Crippen LogP contribution >= 0.6 is 22.9 Å². The minimum Gasteiger partial charge on any atom is -0.494 e. The van der Waals surface area contributed by atoms with E-state index in [0.29, 0.717) is 33.6 Å². The zero-order chi connectivity index (χ0) is 23.8. The molecule has 1 aliphatic rings. The molecule has 1 amide bonds. The van der Waals surface area contributed by atoms with E-state index in [4.69, 9.17) is 16.3 Å². The van der Waals surface area contributed by atoms with Crippen LogP contribution in [0.3, 0.4) is 0 Å². The molecule has 0 aliphatic carbocycles. The summed E-state index contributed by atoms with van der Waals surface area (Å²) in [6.45, 7) is 2.40. The van der Waals surface area contributed by atoms with Gasteiger partial charge in [-0.05, 0) is 61.0 Å². The van der Waals surface area contributed by atoms with Crippen LogP contribution in [0.1, 0.15) is 28.9 Å². The first-order valence-corrected chi connectivity index (χ1v) is 11.9. The van der Waals surface area contributed by atoms with E-state index in [2.05, 4.69) is 4.98 Å². The third-order valence-electron chi connectivity index (χ3n) is 5.74. The number of Topliss-reactive ketones (excluding diaryl/α,β-unsaturated/α-hetero) is 2. The molecule has 0 radical (unpaired) electrons. The topological polar surface area (TPSA) is 76.6 Å². The third kappa shape index (κ3) is 3.87. The third-order valence-corrected chi connectivity index (χ3v) is 7.03. The molecule has 5 rings (SSSR count). The van der Waals surface area contributed by atoms with Crippen LogP contribution in [0.5, 0.6) is 5.75 Å². The van der Waals surface area contributed by atoms with Gasteiger partial charge in [0.15, 0.2) is 10.9 Å². The van der Waals surface area contributed by atoms with Gasteiger partial charge in [0.1, 0.15) is 11.7 Å². The van der Waals surface area contributed by atoms with Crippen molar-refractivity contribution in [2.75, 3.05) is 11.5 Å². The number of nitrogens with zero attached hydrogens (tertiary/aromatic N) is 2. The normalized spacial score (nSPS) is 18.0. The summed E-state index contributed by atoms with van der Waals surface area (Å²) in [5.41, 5.74) is 1.69. The van der Waals surface area contributed by atoms with Crippen LogP contribution in [0.2, 0.25) is 5.02 Å². The summed E-state index contributed by atoms with van der Waals surface area (Å²) in [6.07, 6.45) is 0. The average Bonchev–Trinajstić information content (AvgIpc) is 3.38. The maximum atomic E-state index is 13.5. The lowest BCUT2D eigenvalue weighted by Crippen LogP contribution is -2.30. The van der Waals surface area contributed by atoms with E-state index >= 15 is 0 Å². The Morgan fingerprint density at radius 3 is 2.41 bits per heavy atom. The van der Waals surface area contributed by atoms with Gasteiger partial charge in [-0.25, -0.2) is 4.98 Å². The predicted molar refractivity (Wildman–Crippen MR) is 132 cm³/mol. The molecule has 1 fully saturated rings. The Hall–Kier alpha value is -3.55. The van der Waals surface area contributed by atoms with E-state index in [1.807, 2.05) is 31.2 Å². The molecule has 6 nitrogen and oxygen atoms in total. The molecule has 34 heavy (non-hydrogen) atoms. The van der Waals surface area contributed by atoms with Crippen molar-refractivity contribution in [1.29, 1.82) is 0 Å². The van der Waals surface area contributed by atoms with Crippen molar-refractivity contribution in [1.82, 2.24) is 4.98 Å². The number of carbonyl (C=O) groups is 3. The first kappa shape index (κ1) is 22.3. The number of para-hydroxylation sites is 1. The van der Waals surface area contributed by atoms with Crippen molar-refractivity contribution in [2.45, 2.75) is 13.0 Å². The Kier molecular flexibility index (Phi) is 5.89. The highest BCUT2D eigenvalue weighted by molar-refractivity contribution is 7.22. The first-order chi connectivity index (χ1) is 16.5. The van der Waals surface area contributed by atoms with Crippen LogP contribution in [-0.2, 0) is 9.59 Å². The molecular weight excluding hydrogens is 472 g/mol. The predicted octanol–water partition coefficient (Wildman–Crippen LogP) is 5.50. The number of ketones is 2. The lowest BCUT2D eigenvalue weighted by Gasteiger charge is -2.25. The minimum atomic E-state index is -1.21. The van der Waals surface area contributed by atoms with E-state index in [9.17, 15) is 14.4 Å². The second-order valence-corrected chi connectivity index (χ2v) is 9.24. The zero-order valence-corrected chi connectivity index (χ0v) is 19.7. The van der Waals surface area contributed by atoms with E-state index in [-0.39, 0.29) is 0 Å². The van der Waals surface area contributed by atoms with Crippen LogP contribution in [0.15, 0.2) is 72.8 Å². The fraction of sp³-hybridized carbons (Fsp3) is 0.154. The van der Waals surface area contributed by atoms with E-state index in [1.165, 1.54) is 16.2 Å². The highest BCUT2D eigenvalue weighted by Crippen LogP contribution is 2.43. The number of aromatic nitrogens is 1. The number of anilines is 1. The molecule has 1 aromatic heterocycles. The molecule has 0 saturated carbocycles. The van der Waals surface area contributed by atoms with Crippen molar-refractivity contribution in [3.8, 4) is 5.75 Å². The van der Waals surface area contributed by atoms with Crippen molar-refractivity contribution < 1.29 is 19.1 Å². The Labute approximate surface area is 204 Å². The van der Waals surface area contributed by atoms with E-state index in [1.54, 1.807) is 48.5 Å². The Morgan fingerprint density at radius 1 is 1.03 bits per heavy atom. The maximum absolute atomic E-state index is 13.5. The minimum absolute atomic E-state index is 0.317. The molecule has 170 valence electrons. The number of amides is 1. The molecule has 0 bridgehead atoms. The number of fused-ring (bicyclic) bond motifs is 1. The molecular formula is C26H19ClN2O4S. The molecule has 1 aliphatic heterocycles. The second-order valence-electron chi connectivity index (χ2n) is 7.80. The van der Waals surface area contributed by atoms with Crippen molar-refractivity contribution in [3.63, 3.8) is 0 Å². The molecule has 2 atom stereocenters. The van der Waals surface area contributed by atoms with Crippen LogP contribution in [0.4, 0.5) is 5.13 Å². The number of benzene rings is 3. The number of thiazole rings is 1. The van der Waals surface area contributed by atoms with Gasteiger partial charge in [-0.2, -0.15) is 0 Å². The molecule has 1 saturated heterocycles. The van der Waals surface area contributed by atoms with Crippen LogP contribution < -0.4 is 9.64 Å². The molecule has 0 spiro atoms. The largest absolute Gasteiger partial charge is 0.494 e. The highest BCUT2D eigenvalue weighted by atomic mass is 35.5. The van der Waals surface area contributed by atoms with Gasteiger partial charge in [-0.1, -0.05) is 47.2 Å². The molecule has 2 unspecified atom stereocenters. The fourth-order valence-corrected chi connectivity index (χ4v) is 5.29. The summed E-state index contributed by atoms with van der Waals surface area (Å²) in [5.74, 6) is -2.48. The SMILES string of the molecule is CCOc1ccc(C2C(C(=O)c3ccc(Cl)cc3)C(=O)C(=O)N2c2nc3ccccc3s2)cc1. The summed E-state index contributed by atoms with van der Waals surface area (Å²) in [6, 6.07) is 20.1. The number of carbonyl (C=O) groups excluding carboxylic acids is 3. The van der Waals surface area contributed by atoms with Crippen molar-refractivity contribution >= 4 is 55.8 Å². The maximum Gasteiger partial charge on any atom is 0.297 e. The Balaban J connectivity index is 1.63. The smallest absolute Gasteiger partial charge is 0.297 e. The molecule has 4 aromatic rings. The molecule has 2 heterocycles. The Bertz CT molecular complexity index is 1370. The standard InChI is InChI=1S/C26H19ClN2O4S/c1-2-33-18-13-9-15(10-14-18)22-21(23(30)16-7-11-17(27)12-8-16)24(31)25(32)29(22)26-28-19-5-3-4-6-20(19)34-26/h3-14,21-22H,2H2,1H3. The lowest BCUT2D eigenvalue weighted by molar-refractivity contribution is -0.135. The zero-order valence-electron chi connectivity index (χ0n) is 18.1. The van der Waals surface area contributed by atoms with Crippen molar-refractivity contribution in [3.05, 3.63) is 88.9 Å². The number of ether oxygens (including phenoxy) is 1. The van der Waals surface area contributed by atoms with Gasteiger partial charge in [0, 0.05) is 10.6 Å². The summed E-state index contributed by atoms with van der Waals surface area (Å²) >= 11 is 7.29. The monoisotopic (exact) mass is 490 g/mol. The Morgan fingerprint density at radius 2 is 1.74 bits per heavy atom. The summed E-state index contributed by atoms with van der Waals surface area (Å²) in [5, 5.41) is 0.856. The first-order valence-electron chi connectivity index (χ1n) is 10.7. The van der Waals surface area contributed by atoms with Crippen molar-refractivity contribution in [2.24, 2.45) is 5.92 Å². The van der Waals surface area contributed by atoms with Crippen LogP contribution in [0, 0.1) is 5.92 Å². The van der Waals surface area contributed by atoms with Gasteiger partial charge in [-0.3, -0.25) is 19.3 Å². The van der Waals surface area contributed by atoms with Crippen LogP contribution in [-0.4, -0.2) is 29.1 Å². The van der Waals surface area contributed by atoms with Gasteiger partial charge >= 0.3 is 0 Å². The quantitative estimate of drug-likeness (QED) is 0.202. The van der Waals surface area contributed by atoms with Crippen LogP contribution in [0.25, 0.3) is 10.2 Å². The highest BCUT2D eigenvalue weighted by Gasteiger charge is 2.53. The van der Waals surface area contributed by atoms with E-state index in [0.717, 1.165) is 10.2 Å². The number of rotatable bonds is 6. The molecule has 3 aromatic carbocycles. The second kappa shape index (κ2) is 9.00. The summed E-state index contributed by atoms with van der Waals surface area (Å²) in [4.78, 5) is 46.0. The lowest BCUT2D eigenvalue weighted by atomic mass is 9.86. The van der Waals surface area contributed by atoms with Gasteiger partial charge in [-0.15, -0.1) is 0 Å². The van der Waals surface area contributed by atoms with Gasteiger partial charge in [0.25, 0.3) is 5.91 Å². The summed E-state index contributed by atoms with van der Waals surface area (Å²) in [7, 11) is 0. The molecule has 0 N–H and O–H groups in total.